The van der Waals surface area contributed by atoms with Crippen LogP contribution in [0.15, 0.2) is 95.5 Å². The zero-order chi connectivity index (χ0) is 28.2. The van der Waals surface area contributed by atoms with E-state index < -0.39 is 12.7 Å². The van der Waals surface area contributed by atoms with E-state index in [0.717, 1.165) is 38.6 Å². The summed E-state index contributed by atoms with van der Waals surface area (Å²) >= 11 is 0. The molecule has 2 aromatic heterocycles. The molecule has 4 aromatic carbocycles. The van der Waals surface area contributed by atoms with Crippen molar-refractivity contribution in [2.75, 3.05) is 0 Å². The lowest BCUT2D eigenvalue weighted by Gasteiger charge is -2.08. The second-order valence-corrected chi connectivity index (χ2v) is 9.22. The summed E-state index contributed by atoms with van der Waals surface area (Å²) in [5.74, 6) is -0.778. The van der Waals surface area contributed by atoms with Gasteiger partial charge in [-0.1, -0.05) is 48.5 Å². The smallest absolute Gasteiger partial charge is 0.213 e. The third-order valence-electron chi connectivity index (χ3n) is 6.87. The fraction of sp³-hybridized carbons (Fsp3) is 0.0909. The molecule has 4 heteroatoms. The van der Waals surface area contributed by atoms with Crippen molar-refractivity contribution < 1.29 is 17.5 Å². The van der Waals surface area contributed by atoms with Gasteiger partial charge < -0.3 is 4.42 Å². The second kappa shape index (κ2) is 8.72. The monoisotopic (exact) mass is 486 g/mol. The quantitative estimate of drug-likeness (QED) is 0.238. The Hall–Kier alpha value is -4.75. The van der Waals surface area contributed by atoms with Gasteiger partial charge in [0, 0.05) is 26.5 Å². The van der Waals surface area contributed by atoms with Crippen LogP contribution in [0, 0.1) is 30.9 Å². The van der Waals surface area contributed by atoms with Gasteiger partial charge in [-0.2, -0.15) is 9.83 Å². The van der Waals surface area contributed by atoms with Crippen molar-refractivity contribution in [2.24, 2.45) is 7.05 Å². The van der Waals surface area contributed by atoms with E-state index in [1.165, 1.54) is 12.3 Å². The molecular weight excluding hydrogens is 459 g/mol. The molecule has 0 spiro atoms. The Balaban J connectivity index is 1.58. The summed E-state index contributed by atoms with van der Waals surface area (Å²) < 4.78 is 45.8. The third-order valence-corrected chi connectivity index (χ3v) is 6.87. The van der Waals surface area contributed by atoms with Crippen LogP contribution < -0.4 is 4.57 Å². The summed E-state index contributed by atoms with van der Waals surface area (Å²) in [5, 5.41) is 11.8. The number of fused-ring (bicyclic) bond motifs is 3. The van der Waals surface area contributed by atoms with E-state index in [1.807, 2.05) is 79.7 Å². The number of pyridine rings is 1. The maximum Gasteiger partial charge on any atom is 0.213 e. The molecule has 0 saturated carbocycles. The highest BCUT2D eigenvalue weighted by atomic mass is 19.1. The predicted octanol–water partition coefficient (Wildman–Crippen LogP) is 8.04. The number of nitriles is 1. The Labute approximate surface area is 218 Å². The highest BCUT2D eigenvalue weighted by Gasteiger charge is 2.21. The molecule has 6 rings (SSSR count). The molecule has 0 aliphatic rings. The highest BCUT2D eigenvalue weighted by Crippen LogP contribution is 2.40. The zero-order valence-corrected chi connectivity index (χ0v) is 20.3. The molecule has 0 unspecified atom stereocenters. The molecule has 0 saturated heterocycles. The molecule has 0 fully saturated rings. The van der Waals surface area contributed by atoms with Crippen molar-refractivity contribution in [1.82, 2.24) is 0 Å². The molecule has 0 N–H and O–H groups in total. The number of furan rings is 1. The molecule has 3 nitrogen and oxygen atoms in total. The van der Waals surface area contributed by atoms with Crippen molar-refractivity contribution in [3.05, 3.63) is 114 Å². The van der Waals surface area contributed by atoms with Crippen molar-refractivity contribution in [3.8, 4) is 39.6 Å². The predicted molar refractivity (Wildman–Crippen MR) is 145 cm³/mol. The molecule has 178 valence electrons. The van der Waals surface area contributed by atoms with E-state index in [2.05, 4.69) is 12.1 Å². The molecule has 0 radical (unpaired) electrons. The maximum atomic E-state index is 14.5. The third kappa shape index (κ3) is 3.77. The van der Waals surface area contributed by atoms with Gasteiger partial charge in [0.05, 0.1) is 17.2 Å². The lowest BCUT2D eigenvalue weighted by atomic mass is 9.94. The number of rotatable bonds is 3. The first-order valence-corrected chi connectivity index (χ1v) is 11.9. The van der Waals surface area contributed by atoms with Gasteiger partial charge in [0.15, 0.2) is 5.82 Å². The van der Waals surface area contributed by atoms with Gasteiger partial charge in [0.25, 0.3) is 0 Å². The van der Waals surface area contributed by atoms with E-state index in [4.69, 9.17) is 8.53 Å². The Kier molecular flexibility index (Phi) is 4.58. The highest BCUT2D eigenvalue weighted by molar-refractivity contribution is 6.11. The summed E-state index contributed by atoms with van der Waals surface area (Å²) in [6.45, 7) is -0.652. The zero-order valence-electron chi connectivity index (χ0n) is 23.3. The molecule has 0 aliphatic carbocycles. The first kappa shape index (κ1) is 19.4. The number of hydrogen-bond acceptors (Lipinski definition) is 2. The Morgan fingerprint density at radius 2 is 1.65 bits per heavy atom. The number of aryl methyl sites for hydroxylation is 3. The van der Waals surface area contributed by atoms with Crippen LogP contribution in [0.3, 0.4) is 0 Å². The summed E-state index contributed by atoms with van der Waals surface area (Å²) in [6.07, 6.45) is 1.19. The van der Waals surface area contributed by atoms with Crippen LogP contribution >= 0.6 is 0 Å². The summed E-state index contributed by atoms with van der Waals surface area (Å²) in [7, 11) is 1.68. The molecule has 0 aliphatic heterocycles. The Bertz CT molecular complexity index is 1990. The summed E-state index contributed by atoms with van der Waals surface area (Å²) in [5.41, 5.74) is 7.21. The fourth-order valence-corrected chi connectivity index (χ4v) is 5.02. The van der Waals surface area contributed by atoms with E-state index in [1.54, 1.807) is 11.6 Å². The molecule has 2 heterocycles. The minimum absolute atomic E-state index is 0.330. The van der Waals surface area contributed by atoms with Gasteiger partial charge in [0.2, 0.25) is 11.9 Å². The minimum Gasteiger partial charge on any atom is -0.455 e. The maximum absolute atomic E-state index is 14.5. The van der Waals surface area contributed by atoms with Crippen molar-refractivity contribution in [2.45, 2.75) is 13.8 Å². The van der Waals surface area contributed by atoms with Crippen molar-refractivity contribution >= 4 is 21.9 Å². The van der Waals surface area contributed by atoms with Gasteiger partial charge in [-0.25, -0.2) is 4.39 Å². The van der Waals surface area contributed by atoms with Crippen LogP contribution in [-0.4, -0.2) is 0 Å². The van der Waals surface area contributed by atoms with Crippen LogP contribution in [0.1, 0.15) is 20.8 Å². The fourth-order valence-electron chi connectivity index (χ4n) is 5.02. The lowest BCUT2D eigenvalue weighted by Crippen LogP contribution is -2.31. The number of aromatic nitrogens is 1. The first-order chi connectivity index (χ1) is 19.2. The summed E-state index contributed by atoms with van der Waals surface area (Å²) in [4.78, 5) is 0. The molecule has 37 heavy (non-hydrogen) atoms. The van der Waals surface area contributed by atoms with Gasteiger partial charge >= 0.3 is 0 Å². The van der Waals surface area contributed by atoms with Crippen molar-refractivity contribution in [1.29, 1.82) is 5.26 Å². The van der Waals surface area contributed by atoms with Gasteiger partial charge in [-0.15, -0.1) is 0 Å². The lowest BCUT2D eigenvalue weighted by molar-refractivity contribution is -0.662. The van der Waals surface area contributed by atoms with Crippen LogP contribution in [0.25, 0.3) is 55.4 Å². The average Bonchev–Trinajstić information content (AvgIpc) is 3.29. The standard InChI is InChI=1S/C33H24FN2O/c1-20-14-28-26-13-12-25(18-35)32(24-11-7-10-23(16-24)22-8-5-4-6-9-22)33(26)37-31(28)17-27(20)30-15-21(2)29(34)19-36(30)3/h4-17,19H,1-3H3/q+1/i2D3. The van der Waals surface area contributed by atoms with Gasteiger partial charge in [-0.05, 0) is 71.9 Å². The topological polar surface area (TPSA) is 40.8 Å². The number of halogens is 1. The van der Waals surface area contributed by atoms with E-state index in [9.17, 15) is 9.65 Å². The van der Waals surface area contributed by atoms with Crippen LogP contribution in [0.4, 0.5) is 4.39 Å². The second-order valence-electron chi connectivity index (χ2n) is 9.22. The minimum atomic E-state index is -2.58. The Morgan fingerprint density at radius 1 is 0.865 bits per heavy atom. The average molecular weight is 487 g/mol. The molecule has 0 amide bonds. The molecule has 0 atom stereocenters. The number of nitrogens with zero attached hydrogens (tertiary/aromatic N) is 2. The van der Waals surface area contributed by atoms with E-state index in [0.29, 0.717) is 28.0 Å². The van der Waals surface area contributed by atoms with Gasteiger partial charge in [0.1, 0.15) is 18.2 Å². The molecule has 0 bridgehead atoms. The Morgan fingerprint density at radius 3 is 2.43 bits per heavy atom. The summed E-state index contributed by atoms with van der Waals surface area (Å²) in [6, 6.07) is 29.3. The molecular formula is C33H24FN2O+. The largest absolute Gasteiger partial charge is 0.455 e. The van der Waals surface area contributed by atoms with Gasteiger partial charge in [-0.3, -0.25) is 0 Å². The molecule has 6 aromatic rings. The number of hydrogen-bond donors (Lipinski definition) is 0. The van der Waals surface area contributed by atoms with Crippen LogP contribution in [-0.2, 0) is 7.05 Å². The number of benzene rings is 4. The SMILES string of the molecule is [2H]C([2H])([2H])c1cc(-c2cc3oc4c(-c5cccc(-c6ccccc6)c5)c(C#N)ccc4c3cc2C)[n+](C)cc1F. The first-order valence-electron chi connectivity index (χ1n) is 13.4. The normalized spacial score (nSPS) is 12.8. The van der Waals surface area contributed by atoms with E-state index >= 15 is 0 Å². The van der Waals surface area contributed by atoms with Crippen LogP contribution in [0.2, 0.25) is 0 Å². The van der Waals surface area contributed by atoms with E-state index in [-0.39, 0.29) is 5.56 Å². The van der Waals surface area contributed by atoms with Crippen molar-refractivity contribution in [3.63, 3.8) is 0 Å². The van der Waals surface area contributed by atoms with Crippen LogP contribution in [0.5, 0.6) is 0 Å².